The average Bonchev–Trinajstić information content (AvgIpc) is 2.62. The second-order valence-electron chi connectivity index (χ2n) is 6.13. The van der Waals surface area contributed by atoms with E-state index in [1.807, 2.05) is 11.0 Å². The molecule has 2 aliphatic heterocycles. The summed E-state index contributed by atoms with van der Waals surface area (Å²) in [6.45, 7) is 4.57. The zero-order valence-electron chi connectivity index (χ0n) is 13.1. The van der Waals surface area contributed by atoms with Crippen LogP contribution in [-0.4, -0.2) is 55.0 Å². The first-order chi connectivity index (χ1) is 11.1. The predicted octanol–water partition coefficient (Wildman–Crippen LogP) is 1.24. The lowest BCUT2D eigenvalue weighted by Gasteiger charge is -2.38. The largest absolute Gasteiger partial charge is 0.368 e. The van der Waals surface area contributed by atoms with Crippen LogP contribution in [-0.2, 0) is 4.79 Å². The van der Waals surface area contributed by atoms with Gasteiger partial charge in [-0.3, -0.25) is 14.9 Å². The van der Waals surface area contributed by atoms with E-state index in [9.17, 15) is 14.9 Å². The van der Waals surface area contributed by atoms with E-state index in [1.165, 1.54) is 6.07 Å². The van der Waals surface area contributed by atoms with Gasteiger partial charge in [-0.2, -0.15) is 0 Å². The number of hydrogen-bond acceptors (Lipinski definition) is 5. The zero-order valence-corrected chi connectivity index (χ0v) is 13.1. The van der Waals surface area contributed by atoms with E-state index in [1.54, 1.807) is 12.1 Å². The van der Waals surface area contributed by atoms with Crippen LogP contribution >= 0.6 is 0 Å². The second kappa shape index (κ2) is 6.95. The third-order valence-electron chi connectivity index (χ3n) is 4.64. The third-order valence-corrected chi connectivity index (χ3v) is 4.64. The minimum atomic E-state index is -0.376. The van der Waals surface area contributed by atoms with Crippen molar-refractivity contribution >= 4 is 17.3 Å². The van der Waals surface area contributed by atoms with Crippen molar-refractivity contribution in [3.8, 4) is 0 Å². The van der Waals surface area contributed by atoms with Crippen LogP contribution in [0, 0.1) is 16.0 Å². The smallest absolute Gasteiger partial charge is 0.271 e. The number of amides is 1. The lowest BCUT2D eigenvalue weighted by atomic mass is 9.98. The van der Waals surface area contributed by atoms with E-state index in [4.69, 9.17) is 0 Å². The maximum Gasteiger partial charge on any atom is 0.271 e. The molecule has 2 heterocycles. The molecule has 2 aliphatic rings. The van der Waals surface area contributed by atoms with Crippen LogP contribution < -0.4 is 10.2 Å². The SMILES string of the molecule is O=C(C1CCCNC1)N1CCN(c2cccc([N+](=O)[O-])c2)CC1. The van der Waals surface area contributed by atoms with Crippen molar-refractivity contribution in [3.63, 3.8) is 0 Å². The van der Waals surface area contributed by atoms with Gasteiger partial charge in [-0.15, -0.1) is 0 Å². The topological polar surface area (TPSA) is 78.7 Å². The molecule has 0 radical (unpaired) electrons. The normalized spacial score (nSPS) is 22.0. The summed E-state index contributed by atoms with van der Waals surface area (Å²) in [5.41, 5.74) is 0.958. The summed E-state index contributed by atoms with van der Waals surface area (Å²) in [7, 11) is 0. The van der Waals surface area contributed by atoms with Gasteiger partial charge >= 0.3 is 0 Å². The Morgan fingerprint density at radius 3 is 2.70 bits per heavy atom. The quantitative estimate of drug-likeness (QED) is 0.670. The molecule has 23 heavy (non-hydrogen) atoms. The van der Waals surface area contributed by atoms with E-state index < -0.39 is 0 Å². The molecule has 0 saturated carbocycles. The number of piperidine rings is 1. The number of benzene rings is 1. The molecule has 124 valence electrons. The first-order valence-corrected chi connectivity index (χ1v) is 8.14. The molecule has 0 aromatic heterocycles. The van der Waals surface area contributed by atoms with Crippen LogP contribution in [0.25, 0.3) is 0 Å². The highest BCUT2D eigenvalue weighted by Gasteiger charge is 2.28. The van der Waals surface area contributed by atoms with Crippen molar-refractivity contribution in [3.05, 3.63) is 34.4 Å². The van der Waals surface area contributed by atoms with Gasteiger partial charge in [-0.1, -0.05) is 6.07 Å². The molecule has 0 spiro atoms. The van der Waals surface area contributed by atoms with Gasteiger partial charge in [0.2, 0.25) is 5.91 Å². The van der Waals surface area contributed by atoms with Crippen molar-refractivity contribution in [1.82, 2.24) is 10.2 Å². The molecule has 1 amide bonds. The number of nitro benzene ring substituents is 1. The number of nitrogens with zero attached hydrogens (tertiary/aromatic N) is 3. The van der Waals surface area contributed by atoms with Crippen molar-refractivity contribution in [2.75, 3.05) is 44.2 Å². The van der Waals surface area contributed by atoms with E-state index in [0.29, 0.717) is 26.2 Å². The van der Waals surface area contributed by atoms with Crippen molar-refractivity contribution in [2.24, 2.45) is 5.92 Å². The standard InChI is InChI=1S/C16H22N4O3/c21-16(13-3-2-6-17-12-13)19-9-7-18(8-10-19)14-4-1-5-15(11-14)20(22)23/h1,4-5,11,13,17H,2-3,6-10,12H2. The molecule has 0 bridgehead atoms. The van der Waals surface area contributed by atoms with Gasteiger partial charge in [0.05, 0.1) is 10.8 Å². The number of nitro groups is 1. The summed E-state index contributed by atoms with van der Waals surface area (Å²) in [4.78, 5) is 27.1. The highest BCUT2D eigenvalue weighted by atomic mass is 16.6. The number of hydrogen-bond donors (Lipinski definition) is 1. The number of anilines is 1. The molecule has 7 nitrogen and oxygen atoms in total. The van der Waals surface area contributed by atoms with Crippen molar-refractivity contribution in [2.45, 2.75) is 12.8 Å². The van der Waals surface area contributed by atoms with Gasteiger partial charge in [0, 0.05) is 50.5 Å². The summed E-state index contributed by atoms with van der Waals surface area (Å²) in [5, 5.41) is 14.2. The summed E-state index contributed by atoms with van der Waals surface area (Å²) < 4.78 is 0. The summed E-state index contributed by atoms with van der Waals surface area (Å²) in [6.07, 6.45) is 2.03. The second-order valence-corrected chi connectivity index (χ2v) is 6.13. The predicted molar refractivity (Wildman–Crippen MR) is 87.5 cm³/mol. The monoisotopic (exact) mass is 318 g/mol. The Bertz CT molecular complexity index is 578. The van der Waals surface area contributed by atoms with Crippen molar-refractivity contribution < 1.29 is 9.72 Å². The molecule has 2 fully saturated rings. The highest BCUT2D eigenvalue weighted by Crippen LogP contribution is 2.23. The minimum Gasteiger partial charge on any atom is -0.368 e. The average molecular weight is 318 g/mol. The number of nitrogens with one attached hydrogen (secondary N) is 1. The Morgan fingerprint density at radius 2 is 2.04 bits per heavy atom. The van der Waals surface area contributed by atoms with Gasteiger partial charge < -0.3 is 15.1 Å². The fraction of sp³-hybridized carbons (Fsp3) is 0.562. The number of carbonyl (C=O) groups excluding carboxylic acids is 1. The molecule has 1 unspecified atom stereocenters. The lowest BCUT2D eigenvalue weighted by molar-refractivity contribution is -0.384. The molecule has 0 aliphatic carbocycles. The van der Waals surface area contributed by atoms with Gasteiger partial charge in [0.15, 0.2) is 0 Å². The zero-order chi connectivity index (χ0) is 16.2. The van der Waals surface area contributed by atoms with Gasteiger partial charge in [0.1, 0.15) is 0 Å². The Hall–Kier alpha value is -2.15. The molecule has 1 atom stereocenters. The summed E-state index contributed by atoms with van der Waals surface area (Å²) >= 11 is 0. The van der Waals surface area contributed by atoms with E-state index in [-0.39, 0.29) is 22.4 Å². The van der Waals surface area contributed by atoms with Crippen LogP contribution in [0.3, 0.4) is 0 Å². The van der Waals surface area contributed by atoms with Crippen LogP contribution in [0.2, 0.25) is 0 Å². The molecular formula is C16H22N4O3. The molecule has 2 saturated heterocycles. The summed E-state index contributed by atoms with van der Waals surface area (Å²) in [5.74, 6) is 0.351. The Labute approximate surface area is 135 Å². The Balaban J connectivity index is 1.58. The van der Waals surface area contributed by atoms with Crippen molar-refractivity contribution in [1.29, 1.82) is 0 Å². The lowest BCUT2D eigenvalue weighted by Crippen LogP contribution is -2.52. The van der Waals surface area contributed by atoms with Gasteiger partial charge in [0.25, 0.3) is 5.69 Å². The molecule has 7 heteroatoms. The van der Waals surface area contributed by atoms with Gasteiger partial charge in [-0.25, -0.2) is 0 Å². The van der Waals surface area contributed by atoms with E-state index in [2.05, 4.69) is 10.2 Å². The van der Waals surface area contributed by atoms with Crippen LogP contribution in [0.1, 0.15) is 12.8 Å². The number of carbonyl (C=O) groups is 1. The van der Waals surface area contributed by atoms with E-state index in [0.717, 1.165) is 31.6 Å². The maximum absolute atomic E-state index is 12.5. The molecule has 1 aromatic carbocycles. The number of rotatable bonds is 3. The Kier molecular flexibility index (Phi) is 4.76. The molecule has 1 N–H and O–H groups in total. The fourth-order valence-corrected chi connectivity index (χ4v) is 3.31. The van der Waals surface area contributed by atoms with Crippen LogP contribution in [0.4, 0.5) is 11.4 Å². The molecule has 3 rings (SSSR count). The minimum absolute atomic E-state index is 0.105. The maximum atomic E-state index is 12.5. The molecular weight excluding hydrogens is 296 g/mol. The number of piperazine rings is 1. The first-order valence-electron chi connectivity index (χ1n) is 8.14. The summed E-state index contributed by atoms with van der Waals surface area (Å²) in [6, 6.07) is 6.69. The van der Waals surface area contributed by atoms with Gasteiger partial charge in [-0.05, 0) is 25.5 Å². The van der Waals surface area contributed by atoms with Crippen LogP contribution in [0.5, 0.6) is 0 Å². The van der Waals surface area contributed by atoms with E-state index >= 15 is 0 Å². The highest BCUT2D eigenvalue weighted by molar-refractivity contribution is 5.79. The third kappa shape index (κ3) is 3.61. The molecule has 1 aromatic rings. The first kappa shape index (κ1) is 15.7. The van der Waals surface area contributed by atoms with Crippen LogP contribution in [0.15, 0.2) is 24.3 Å². The fourth-order valence-electron chi connectivity index (χ4n) is 3.31. The Morgan fingerprint density at radius 1 is 1.26 bits per heavy atom. The number of non-ortho nitro benzene ring substituents is 1.